The first-order valence-electron chi connectivity index (χ1n) is 5.30. The molecule has 1 heterocycles. The molecule has 6 heteroatoms. The van der Waals surface area contributed by atoms with Gasteiger partial charge in [-0.3, -0.25) is 0 Å². The molecule has 1 aromatic carbocycles. The Morgan fingerprint density at radius 2 is 2.06 bits per heavy atom. The minimum atomic E-state index is -0.301. The Kier molecular flexibility index (Phi) is 3.76. The molecule has 0 aliphatic carbocycles. The fourth-order valence-corrected chi connectivity index (χ4v) is 1.88. The molecular weight excluding hydrogens is 299 g/mol. The minimum Gasteiger partial charge on any atom is -0.373 e. The third kappa shape index (κ3) is 2.59. The average Bonchev–Trinajstić information content (AvgIpc) is 2.41. The second kappa shape index (κ2) is 5.30. The number of anilines is 3. The van der Waals surface area contributed by atoms with Crippen LogP contribution in [0.2, 0.25) is 0 Å². The van der Waals surface area contributed by atoms with E-state index in [0.717, 1.165) is 4.47 Å². The lowest BCUT2D eigenvalue weighted by Crippen LogP contribution is -2.13. The second-order valence-corrected chi connectivity index (χ2v) is 4.58. The summed E-state index contributed by atoms with van der Waals surface area (Å²) in [5.41, 5.74) is 0.449. The van der Waals surface area contributed by atoms with Gasteiger partial charge in [0.15, 0.2) is 0 Å². The van der Waals surface area contributed by atoms with Crippen LogP contribution in [0.15, 0.2) is 35.1 Å². The predicted octanol–water partition coefficient (Wildman–Crippen LogP) is 3.19. The maximum atomic E-state index is 13.8. The Morgan fingerprint density at radius 3 is 2.78 bits per heavy atom. The summed E-state index contributed by atoms with van der Waals surface area (Å²) in [6.07, 6.45) is 1.44. The second-order valence-electron chi connectivity index (χ2n) is 3.67. The summed E-state index contributed by atoms with van der Waals surface area (Å²) in [6.45, 7) is 0. The summed E-state index contributed by atoms with van der Waals surface area (Å²) >= 11 is 3.33. The fraction of sp³-hybridized carbons (Fsp3) is 0.167. The number of hydrogen-bond acceptors (Lipinski definition) is 4. The maximum absolute atomic E-state index is 13.8. The summed E-state index contributed by atoms with van der Waals surface area (Å²) < 4.78 is 14.6. The molecule has 2 aromatic rings. The van der Waals surface area contributed by atoms with Crippen molar-refractivity contribution < 1.29 is 4.39 Å². The topological polar surface area (TPSA) is 41.0 Å². The molecular formula is C12H12BrFN4. The molecule has 0 bridgehead atoms. The number of hydrogen-bond donors (Lipinski definition) is 1. The lowest BCUT2D eigenvalue weighted by atomic mass is 10.3. The standard InChI is InChI=1S/C12H12BrFN4/c1-15-11-6-12(17-7-16-11)18(2)10-5-8(13)3-4-9(10)14/h3-7H,1-2H3,(H,15,16,17). The normalized spacial score (nSPS) is 10.2. The van der Waals surface area contributed by atoms with Gasteiger partial charge in [0.1, 0.15) is 23.8 Å². The van der Waals surface area contributed by atoms with Gasteiger partial charge in [-0.2, -0.15) is 0 Å². The lowest BCUT2D eigenvalue weighted by Gasteiger charge is -2.19. The summed E-state index contributed by atoms with van der Waals surface area (Å²) in [5, 5.41) is 2.92. The SMILES string of the molecule is CNc1cc(N(C)c2cc(Br)ccc2F)ncn1. The van der Waals surface area contributed by atoms with Gasteiger partial charge in [-0.05, 0) is 18.2 Å². The first-order chi connectivity index (χ1) is 8.61. The summed E-state index contributed by atoms with van der Waals surface area (Å²) in [6, 6.07) is 6.53. The molecule has 0 saturated heterocycles. The lowest BCUT2D eigenvalue weighted by molar-refractivity contribution is 0.627. The van der Waals surface area contributed by atoms with Crippen molar-refractivity contribution in [3.05, 3.63) is 40.9 Å². The molecule has 0 unspecified atom stereocenters. The van der Waals surface area contributed by atoms with Crippen LogP contribution in [0.25, 0.3) is 0 Å². The quantitative estimate of drug-likeness (QED) is 0.945. The zero-order valence-electron chi connectivity index (χ0n) is 9.98. The van der Waals surface area contributed by atoms with Crippen LogP contribution in [0.4, 0.5) is 21.7 Å². The molecule has 0 aliphatic rings. The smallest absolute Gasteiger partial charge is 0.146 e. The van der Waals surface area contributed by atoms with Crippen molar-refractivity contribution in [3.63, 3.8) is 0 Å². The monoisotopic (exact) mass is 310 g/mol. The Hall–Kier alpha value is -1.69. The number of nitrogens with zero attached hydrogens (tertiary/aromatic N) is 3. The van der Waals surface area contributed by atoms with Crippen LogP contribution < -0.4 is 10.2 Å². The van der Waals surface area contributed by atoms with E-state index in [4.69, 9.17) is 0 Å². The summed E-state index contributed by atoms with van der Waals surface area (Å²) in [5.74, 6) is 0.999. The molecule has 1 aromatic heterocycles. The minimum absolute atomic E-state index is 0.301. The Morgan fingerprint density at radius 1 is 1.28 bits per heavy atom. The first kappa shape index (κ1) is 12.8. The van der Waals surface area contributed by atoms with Gasteiger partial charge in [0, 0.05) is 24.6 Å². The van der Waals surface area contributed by atoms with Crippen LogP contribution in [-0.4, -0.2) is 24.1 Å². The van der Waals surface area contributed by atoms with Gasteiger partial charge in [0.25, 0.3) is 0 Å². The first-order valence-corrected chi connectivity index (χ1v) is 6.09. The van der Waals surface area contributed by atoms with Crippen molar-refractivity contribution in [2.75, 3.05) is 24.3 Å². The molecule has 0 fully saturated rings. The highest BCUT2D eigenvalue weighted by molar-refractivity contribution is 9.10. The highest BCUT2D eigenvalue weighted by Gasteiger charge is 2.11. The van der Waals surface area contributed by atoms with E-state index in [-0.39, 0.29) is 5.82 Å². The van der Waals surface area contributed by atoms with Crippen LogP contribution in [0.1, 0.15) is 0 Å². The molecule has 18 heavy (non-hydrogen) atoms. The maximum Gasteiger partial charge on any atom is 0.146 e. The Bertz CT molecular complexity index is 562. The third-order valence-corrected chi connectivity index (χ3v) is 3.02. The molecule has 1 N–H and O–H groups in total. The van der Waals surface area contributed by atoms with Gasteiger partial charge in [-0.15, -0.1) is 0 Å². The van der Waals surface area contributed by atoms with Crippen molar-refractivity contribution >= 4 is 33.3 Å². The largest absolute Gasteiger partial charge is 0.373 e. The van der Waals surface area contributed by atoms with E-state index in [1.807, 2.05) is 0 Å². The van der Waals surface area contributed by atoms with Crippen molar-refractivity contribution in [1.82, 2.24) is 9.97 Å². The van der Waals surface area contributed by atoms with E-state index >= 15 is 0 Å². The highest BCUT2D eigenvalue weighted by Crippen LogP contribution is 2.28. The van der Waals surface area contributed by atoms with Gasteiger partial charge < -0.3 is 10.2 Å². The molecule has 0 spiro atoms. The van der Waals surface area contributed by atoms with E-state index < -0.39 is 0 Å². The van der Waals surface area contributed by atoms with Crippen molar-refractivity contribution in [3.8, 4) is 0 Å². The number of aromatic nitrogens is 2. The van der Waals surface area contributed by atoms with Gasteiger partial charge in [-0.1, -0.05) is 15.9 Å². The van der Waals surface area contributed by atoms with Crippen molar-refractivity contribution in [2.45, 2.75) is 0 Å². The molecule has 0 radical (unpaired) electrons. The summed E-state index contributed by atoms with van der Waals surface area (Å²) in [4.78, 5) is 9.82. The van der Waals surface area contributed by atoms with E-state index in [1.54, 1.807) is 37.2 Å². The van der Waals surface area contributed by atoms with Crippen LogP contribution in [0, 0.1) is 5.82 Å². The van der Waals surface area contributed by atoms with Crippen LogP contribution >= 0.6 is 15.9 Å². The molecule has 0 aliphatic heterocycles. The third-order valence-electron chi connectivity index (χ3n) is 2.52. The predicted molar refractivity (Wildman–Crippen MR) is 73.7 cm³/mol. The van der Waals surface area contributed by atoms with Crippen LogP contribution in [0.3, 0.4) is 0 Å². The van der Waals surface area contributed by atoms with E-state index in [0.29, 0.717) is 17.3 Å². The van der Waals surface area contributed by atoms with E-state index in [9.17, 15) is 4.39 Å². The number of nitrogens with one attached hydrogen (secondary N) is 1. The molecule has 0 amide bonds. The van der Waals surface area contributed by atoms with E-state index in [2.05, 4.69) is 31.2 Å². The van der Waals surface area contributed by atoms with Crippen LogP contribution in [-0.2, 0) is 0 Å². The number of rotatable bonds is 3. The van der Waals surface area contributed by atoms with E-state index in [1.165, 1.54) is 12.4 Å². The van der Waals surface area contributed by atoms with Gasteiger partial charge in [0.05, 0.1) is 5.69 Å². The number of benzene rings is 1. The van der Waals surface area contributed by atoms with Crippen LogP contribution in [0.5, 0.6) is 0 Å². The van der Waals surface area contributed by atoms with Gasteiger partial charge >= 0.3 is 0 Å². The molecule has 94 valence electrons. The Balaban J connectivity index is 2.40. The zero-order chi connectivity index (χ0) is 13.1. The highest BCUT2D eigenvalue weighted by atomic mass is 79.9. The molecule has 0 atom stereocenters. The number of halogens is 2. The zero-order valence-corrected chi connectivity index (χ0v) is 11.6. The molecule has 4 nitrogen and oxygen atoms in total. The van der Waals surface area contributed by atoms with Crippen molar-refractivity contribution in [1.29, 1.82) is 0 Å². The average molecular weight is 311 g/mol. The fourth-order valence-electron chi connectivity index (χ4n) is 1.53. The Labute approximate surface area is 113 Å². The van der Waals surface area contributed by atoms with Crippen molar-refractivity contribution in [2.24, 2.45) is 0 Å². The van der Waals surface area contributed by atoms with Gasteiger partial charge in [0.2, 0.25) is 0 Å². The molecule has 2 rings (SSSR count). The van der Waals surface area contributed by atoms with Gasteiger partial charge in [-0.25, -0.2) is 14.4 Å². The molecule has 0 saturated carbocycles. The summed E-state index contributed by atoms with van der Waals surface area (Å²) in [7, 11) is 3.53.